The molecule has 2 N–H and O–H groups in total. The highest BCUT2D eigenvalue weighted by Crippen LogP contribution is 2.19. The predicted octanol–water partition coefficient (Wildman–Crippen LogP) is 1.84. The van der Waals surface area contributed by atoms with Crippen LogP contribution < -0.4 is 10.5 Å². The number of ether oxygens (including phenoxy) is 2. The molecule has 4 nitrogen and oxygen atoms in total. The first-order chi connectivity index (χ1) is 7.13. The lowest BCUT2D eigenvalue weighted by molar-refractivity contribution is 0.0948. The summed E-state index contributed by atoms with van der Waals surface area (Å²) in [5, 5.41) is 0. The molecule has 0 saturated carbocycles. The summed E-state index contributed by atoms with van der Waals surface area (Å²) in [4.78, 5) is 4.18. The molecule has 1 heterocycles. The molecule has 0 atom stereocenters. The highest BCUT2D eigenvalue weighted by Gasteiger charge is 2.02. The third kappa shape index (κ3) is 3.75. The summed E-state index contributed by atoms with van der Waals surface area (Å²) in [7, 11) is 1.57. The molecule has 0 unspecified atom stereocenters. The van der Waals surface area contributed by atoms with Crippen molar-refractivity contribution >= 4 is 5.69 Å². The third-order valence-corrected chi connectivity index (χ3v) is 1.88. The fourth-order valence-electron chi connectivity index (χ4n) is 1.15. The molecule has 1 aromatic heterocycles. The summed E-state index contributed by atoms with van der Waals surface area (Å²) in [5.74, 6) is 1.13. The van der Waals surface area contributed by atoms with Crippen molar-refractivity contribution in [3.63, 3.8) is 0 Å². The number of hydrogen-bond acceptors (Lipinski definition) is 4. The molecule has 0 fully saturated rings. The summed E-state index contributed by atoms with van der Waals surface area (Å²) >= 11 is 0. The van der Waals surface area contributed by atoms with E-state index in [1.807, 2.05) is 0 Å². The van der Waals surface area contributed by atoms with Crippen molar-refractivity contribution in [3.05, 3.63) is 18.0 Å². The van der Waals surface area contributed by atoms with Crippen LogP contribution in [0.5, 0.6) is 5.75 Å². The first kappa shape index (κ1) is 11.8. The SMILES string of the molecule is COc1cnc(COCC(C)C)cc1N. The smallest absolute Gasteiger partial charge is 0.160 e. The van der Waals surface area contributed by atoms with Gasteiger partial charge in [0, 0.05) is 6.61 Å². The van der Waals surface area contributed by atoms with E-state index in [1.54, 1.807) is 19.4 Å². The number of pyridine rings is 1. The van der Waals surface area contributed by atoms with Gasteiger partial charge in [0.15, 0.2) is 5.75 Å². The van der Waals surface area contributed by atoms with Gasteiger partial charge in [0.1, 0.15) is 0 Å². The second-order valence-electron chi connectivity index (χ2n) is 3.83. The highest BCUT2D eigenvalue weighted by atomic mass is 16.5. The number of rotatable bonds is 5. The lowest BCUT2D eigenvalue weighted by Crippen LogP contribution is -2.04. The topological polar surface area (TPSA) is 57.4 Å². The van der Waals surface area contributed by atoms with Gasteiger partial charge >= 0.3 is 0 Å². The number of anilines is 1. The van der Waals surface area contributed by atoms with Crippen LogP contribution in [0.4, 0.5) is 5.69 Å². The molecule has 0 amide bonds. The van der Waals surface area contributed by atoms with Crippen molar-refractivity contribution in [2.75, 3.05) is 19.5 Å². The standard InChI is InChI=1S/C11H18N2O2/c1-8(2)6-15-7-9-4-10(12)11(14-3)5-13-9/h4-5,8H,6-7H2,1-3H3,(H2,12,13). The zero-order chi connectivity index (χ0) is 11.3. The molecule has 0 bridgehead atoms. The maximum atomic E-state index is 5.74. The van der Waals surface area contributed by atoms with Crippen LogP contribution in [0.1, 0.15) is 19.5 Å². The molecule has 4 heteroatoms. The molecule has 0 saturated heterocycles. The van der Waals surface area contributed by atoms with Gasteiger partial charge in [0.2, 0.25) is 0 Å². The van der Waals surface area contributed by atoms with Crippen molar-refractivity contribution < 1.29 is 9.47 Å². The van der Waals surface area contributed by atoms with Gasteiger partial charge in [-0.05, 0) is 12.0 Å². The minimum Gasteiger partial charge on any atom is -0.493 e. The molecule has 0 aliphatic heterocycles. The van der Waals surface area contributed by atoms with Crippen LogP contribution in [-0.4, -0.2) is 18.7 Å². The Morgan fingerprint density at radius 3 is 2.73 bits per heavy atom. The lowest BCUT2D eigenvalue weighted by Gasteiger charge is -2.08. The minimum absolute atomic E-state index is 0.492. The van der Waals surface area contributed by atoms with Crippen LogP contribution in [0.25, 0.3) is 0 Å². The average molecular weight is 210 g/mol. The quantitative estimate of drug-likeness (QED) is 0.805. The fourth-order valence-corrected chi connectivity index (χ4v) is 1.15. The summed E-state index contributed by atoms with van der Waals surface area (Å²) in [6.45, 7) is 5.44. The van der Waals surface area contributed by atoms with E-state index in [9.17, 15) is 0 Å². The van der Waals surface area contributed by atoms with Crippen molar-refractivity contribution in [2.24, 2.45) is 5.92 Å². The minimum atomic E-state index is 0.492. The van der Waals surface area contributed by atoms with E-state index in [0.29, 0.717) is 24.0 Å². The Labute approximate surface area is 90.4 Å². The van der Waals surface area contributed by atoms with Crippen LogP contribution in [0.2, 0.25) is 0 Å². The van der Waals surface area contributed by atoms with Crippen molar-refractivity contribution in [3.8, 4) is 5.75 Å². The predicted molar refractivity (Wildman–Crippen MR) is 59.7 cm³/mol. The molecule has 84 valence electrons. The first-order valence-electron chi connectivity index (χ1n) is 4.99. The Balaban J connectivity index is 2.52. The Hall–Kier alpha value is -1.29. The van der Waals surface area contributed by atoms with Gasteiger partial charge in [-0.3, -0.25) is 4.98 Å². The van der Waals surface area contributed by atoms with Crippen molar-refractivity contribution in [2.45, 2.75) is 20.5 Å². The molecule has 0 radical (unpaired) electrons. The molecular formula is C11H18N2O2. The van der Waals surface area contributed by atoms with Gasteiger partial charge in [0.05, 0.1) is 31.3 Å². The van der Waals surface area contributed by atoms with Gasteiger partial charge < -0.3 is 15.2 Å². The highest BCUT2D eigenvalue weighted by molar-refractivity contribution is 5.51. The van der Waals surface area contributed by atoms with Crippen LogP contribution in [0, 0.1) is 5.92 Å². The molecule has 15 heavy (non-hydrogen) atoms. The van der Waals surface area contributed by atoms with E-state index in [4.69, 9.17) is 15.2 Å². The number of nitrogens with zero attached hydrogens (tertiary/aromatic N) is 1. The number of aromatic nitrogens is 1. The number of methoxy groups -OCH3 is 1. The molecule has 0 spiro atoms. The largest absolute Gasteiger partial charge is 0.493 e. The summed E-state index contributed by atoms with van der Waals surface area (Å²) < 4.78 is 10.5. The van der Waals surface area contributed by atoms with Crippen molar-refractivity contribution in [1.29, 1.82) is 0 Å². The third-order valence-electron chi connectivity index (χ3n) is 1.88. The van der Waals surface area contributed by atoms with Crippen LogP contribution >= 0.6 is 0 Å². The zero-order valence-electron chi connectivity index (χ0n) is 9.49. The van der Waals surface area contributed by atoms with Crippen LogP contribution in [0.3, 0.4) is 0 Å². The summed E-state index contributed by atoms with van der Waals surface area (Å²) in [6, 6.07) is 1.78. The zero-order valence-corrected chi connectivity index (χ0v) is 9.49. The molecule has 0 aliphatic rings. The monoisotopic (exact) mass is 210 g/mol. The summed E-state index contributed by atoms with van der Waals surface area (Å²) in [6.07, 6.45) is 1.61. The Bertz CT molecular complexity index is 313. The molecule has 1 aromatic rings. The average Bonchev–Trinajstić information content (AvgIpc) is 2.17. The van der Waals surface area contributed by atoms with Gasteiger partial charge in [-0.1, -0.05) is 13.8 Å². The van der Waals surface area contributed by atoms with Gasteiger partial charge in [0.25, 0.3) is 0 Å². The van der Waals surface area contributed by atoms with E-state index in [0.717, 1.165) is 12.3 Å². The van der Waals surface area contributed by atoms with E-state index >= 15 is 0 Å². The first-order valence-corrected chi connectivity index (χ1v) is 4.99. The van der Waals surface area contributed by atoms with Crippen LogP contribution in [-0.2, 0) is 11.3 Å². The Morgan fingerprint density at radius 1 is 1.47 bits per heavy atom. The molecule has 0 aliphatic carbocycles. The second kappa shape index (κ2) is 5.56. The van der Waals surface area contributed by atoms with Crippen LogP contribution in [0.15, 0.2) is 12.3 Å². The molecule has 0 aromatic carbocycles. The maximum Gasteiger partial charge on any atom is 0.160 e. The number of nitrogens with two attached hydrogens (primary N) is 1. The van der Waals surface area contributed by atoms with Gasteiger partial charge in [-0.2, -0.15) is 0 Å². The van der Waals surface area contributed by atoms with E-state index in [1.165, 1.54) is 0 Å². The fraction of sp³-hybridized carbons (Fsp3) is 0.545. The van der Waals surface area contributed by atoms with Crippen molar-refractivity contribution in [1.82, 2.24) is 4.98 Å². The van der Waals surface area contributed by atoms with E-state index in [-0.39, 0.29) is 0 Å². The normalized spacial score (nSPS) is 10.7. The Kier molecular flexibility index (Phi) is 4.37. The van der Waals surface area contributed by atoms with E-state index < -0.39 is 0 Å². The molecule has 1 rings (SSSR count). The maximum absolute atomic E-state index is 5.74. The molecular weight excluding hydrogens is 192 g/mol. The summed E-state index contributed by atoms with van der Waals surface area (Å²) in [5.41, 5.74) is 7.16. The van der Waals surface area contributed by atoms with E-state index in [2.05, 4.69) is 18.8 Å². The number of nitrogen functional groups attached to an aromatic ring is 1. The lowest BCUT2D eigenvalue weighted by atomic mass is 10.2. The van der Waals surface area contributed by atoms with Gasteiger partial charge in [-0.15, -0.1) is 0 Å². The number of hydrogen-bond donors (Lipinski definition) is 1. The van der Waals surface area contributed by atoms with Gasteiger partial charge in [-0.25, -0.2) is 0 Å². The second-order valence-corrected chi connectivity index (χ2v) is 3.83. The Morgan fingerprint density at radius 2 is 2.20 bits per heavy atom.